The van der Waals surface area contributed by atoms with Crippen LogP contribution in [0.3, 0.4) is 0 Å². The molecule has 2 amide bonds. The van der Waals surface area contributed by atoms with Crippen molar-refractivity contribution in [1.29, 1.82) is 0 Å². The molecule has 154 valence electrons. The number of hydrogen-bond acceptors (Lipinski definition) is 7. The molecule has 1 atom stereocenters. The van der Waals surface area contributed by atoms with Gasteiger partial charge in [-0.3, -0.25) is 14.5 Å². The number of amides is 2. The van der Waals surface area contributed by atoms with Crippen LogP contribution in [-0.4, -0.2) is 40.6 Å². The van der Waals surface area contributed by atoms with Gasteiger partial charge in [-0.05, 0) is 43.7 Å². The number of benzene rings is 2. The fourth-order valence-electron chi connectivity index (χ4n) is 3.63. The van der Waals surface area contributed by atoms with Gasteiger partial charge in [0.1, 0.15) is 0 Å². The highest BCUT2D eigenvalue weighted by Crippen LogP contribution is 2.37. The molecule has 1 aliphatic heterocycles. The number of hydrogen-bond donors (Lipinski definition) is 0. The lowest BCUT2D eigenvalue weighted by atomic mass is 10.0. The number of methoxy groups -OCH3 is 1. The van der Waals surface area contributed by atoms with Gasteiger partial charge in [-0.1, -0.05) is 17.7 Å². The van der Waals surface area contributed by atoms with Gasteiger partial charge >= 0.3 is 0 Å². The predicted octanol–water partition coefficient (Wildman–Crippen LogP) is 3.37. The van der Waals surface area contributed by atoms with Gasteiger partial charge in [-0.25, -0.2) is 0 Å². The van der Waals surface area contributed by atoms with Crippen molar-refractivity contribution in [3.05, 3.63) is 70.9 Å². The Bertz CT molecular complexity index is 1090. The molecule has 30 heavy (non-hydrogen) atoms. The molecule has 2 heterocycles. The quantitative estimate of drug-likeness (QED) is 0.554. The minimum atomic E-state index is -0.650. The van der Waals surface area contributed by atoms with Gasteiger partial charge in [0, 0.05) is 0 Å². The summed E-state index contributed by atoms with van der Waals surface area (Å²) in [5, 5.41) is 7.65. The molecule has 8 nitrogen and oxygen atoms in total. The Morgan fingerprint density at radius 3 is 2.57 bits per heavy atom. The van der Waals surface area contributed by atoms with Crippen molar-refractivity contribution in [3.8, 4) is 11.5 Å². The molecule has 0 aliphatic carbocycles. The van der Waals surface area contributed by atoms with E-state index in [0.717, 1.165) is 5.56 Å². The van der Waals surface area contributed by atoms with Crippen LogP contribution in [0.15, 0.2) is 47.2 Å². The van der Waals surface area contributed by atoms with E-state index in [4.69, 9.17) is 13.9 Å². The standard InChI is InChI=1S/C22H21N3O5/c1-4-29-19-10-14(6-8-18(19)28-3)17(11-20-24-23-12-30-20)25-21(26)15-7-5-13(2)9-16(15)22(25)27/h5-10,12,17H,4,11H2,1-3H3/t17-/m1/s1. The van der Waals surface area contributed by atoms with E-state index in [-0.39, 0.29) is 18.2 Å². The SMILES string of the molecule is CCOc1cc([C@@H](Cc2nnco2)N2C(=O)c3ccc(C)cc3C2=O)ccc1OC. The Morgan fingerprint density at radius 2 is 1.87 bits per heavy atom. The number of carbonyl (C=O) groups excluding carboxylic acids is 2. The van der Waals surface area contributed by atoms with Gasteiger partial charge < -0.3 is 13.9 Å². The maximum atomic E-state index is 13.2. The Labute approximate surface area is 173 Å². The summed E-state index contributed by atoms with van der Waals surface area (Å²) in [6.45, 7) is 4.20. The van der Waals surface area contributed by atoms with E-state index in [1.165, 1.54) is 11.3 Å². The lowest BCUT2D eigenvalue weighted by Gasteiger charge is -2.26. The van der Waals surface area contributed by atoms with Crippen molar-refractivity contribution in [1.82, 2.24) is 15.1 Å². The first-order chi connectivity index (χ1) is 14.5. The number of carbonyl (C=O) groups is 2. The molecular formula is C22H21N3O5. The summed E-state index contributed by atoms with van der Waals surface area (Å²) in [5.74, 6) is 0.711. The first-order valence-electron chi connectivity index (χ1n) is 9.57. The Kier molecular flexibility index (Phi) is 5.22. The summed E-state index contributed by atoms with van der Waals surface area (Å²) in [5.41, 5.74) is 2.39. The van der Waals surface area contributed by atoms with Crippen LogP contribution in [0.4, 0.5) is 0 Å². The zero-order valence-corrected chi connectivity index (χ0v) is 16.9. The smallest absolute Gasteiger partial charge is 0.262 e. The second kappa shape index (κ2) is 7.98. The normalized spacial score (nSPS) is 14.0. The molecule has 8 heteroatoms. The van der Waals surface area contributed by atoms with Crippen LogP contribution in [0.2, 0.25) is 0 Å². The van der Waals surface area contributed by atoms with E-state index in [1.54, 1.807) is 37.4 Å². The molecule has 0 spiro atoms. The summed E-state index contributed by atoms with van der Waals surface area (Å²) in [6, 6.07) is 9.93. The van der Waals surface area contributed by atoms with E-state index in [2.05, 4.69) is 10.2 Å². The van der Waals surface area contributed by atoms with Crippen molar-refractivity contribution in [3.63, 3.8) is 0 Å². The Balaban J connectivity index is 1.79. The molecular weight excluding hydrogens is 386 g/mol. The molecule has 0 radical (unpaired) electrons. The highest BCUT2D eigenvalue weighted by molar-refractivity contribution is 6.21. The fraction of sp³-hybridized carbons (Fsp3) is 0.273. The third-order valence-corrected chi connectivity index (χ3v) is 5.03. The average Bonchev–Trinajstić information content (AvgIpc) is 3.33. The van der Waals surface area contributed by atoms with Crippen molar-refractivity contribution in [2.45, 2.75) is 26.3 Å². The molecule has 0 unspecified atom stereocenters. The summed E-state index contributed by atoms with van der Waals surface area (Å²) < 4.78 is 16.3. The summed E-state index contributed by atoms with van der Waals surface area (Å²) in [4.78, 5) is 27.7. The minimum Gasteiger partial charge on any atom is -0.493 e. The van der Waals surface area contributed by atoms with Gasteiger partial charge in [-0.2, -0.15) is 0 Å². The summed E-state index contributed by atoms with van der Waals surface area (Å²) in [7, 11) is 1.56. The average molecular weight is 407 g/mol. The van der Waals surface area contributed by atoms with E-state index < -0.39 is 6.04 Å². The van der Waals surface area contributed by atoms with Gasteiger partial charge in [0.2, 0.25) is 12.3 Å². The molecule has 0 fully saturated rings. The van der Waals surface area contributed by atoms with Crippen molar-refractivity contribution in [2.24, 2.45) is 0 Å². The largest absolute Gasteiger partial charge is 0.493 e. The zero-order chi connectivity index (χ0) is 21.3. The van der Waals surface area contributed by atoms with E-state index in [0.29, 0.717) is 40.7 Å². The van der Waals surface area contributed by atoms with Crippen molar-refractivity contribution in [2.75, 3.05) is 13.7 Å². The third kappa shape index (κ3) is 3.41. The van der Waals surface area contributed by atoms with Crippen molar-refractivity contribution < 1.29 is 23.5 Å². The number of imide groups is 1. The lowest BCUT2D eigenvalue weighted by Crippen LogP contribution is -2.35. The predicted molar refractivity (Wildman–Crippen MR) is 107 cm³/mol. The van der Waals surface area contributed by atoms with E-state index in [9.17, 15) is 9.59 Å². The van der Waals surface area contributed by atoms with Crippen LogP contribution in [-0.2, 0) is 6.42 Å². The molecule has 1 aromatic heterocycles. The summed E-state index contributed by atoms with van der Waals surface area (Å²) >= 11 is 0. The maximum absolute atomic E-state index is 13.2. The van der Waals surface area contributed by atoms with Crippen LogP contribution >= 0.6 is 0 Å². The molecule has 0 N–H and O–H groups in total. The van der Waals surface area contributed by atoms with Gasteiger partial charge in [0.15, 0.2) is 11.5 Å². The van der Waals surface area contributed by atoms with Gasteiger partial charge in [0.25, 0.3) is 11.8 Å². The zero-order valence-electron chi connectivity index (χ0n) is 16.9. The number of aryl methyl sites for hydroxylation is 1. The van der Waals surface area contributed by atoms with Gasteiger partial charge in [0.05, 0.1) is 37.3 Å². The van der Waals surface area contributed by atoms with Crippen LogP contribution in [0.1, 0.15) is 50.7 Å². The molecule has 0 saturated carbocycles. The molecule has 4 rings (SSSR count). The number of nitrogens with zero attached hydrogens (tertiary/aromatic N) is 3. The molecule has 3 aromatic rings. The monoisotopic (exact) mass is 407 g/mol. The Hall–Kier alpha value is -3.68. The molecule has 0 bridgehead atoms. The highest BCUT2D eigenvalue weighted by Gasteiger charge is 2.41. The van der Waals surface area contributed by atoms with Crippen LogP contribution in [0.25, 0.3) is 0 Å². The van der Waals surface area contributed by atoms with Gasteiger partial charge in [-0.15, -0.1) is 10.2 Å². The first kappa shape index (κ1) is 19.6. The first-order valence-corrected chi connectivity index (χ1v) is 9.57. The van der Waals surface area contributed by atoms with Crippen LogP contribution in [0, 0.1) is 6.92 Å². The number of rotatable bonds is 7. The molecule has 0 saturated heterocycles. The van der Waals surface area contributed by atoms with Crippen LogP contribution in [0.5, 0.6) is 11.5 Å². The van der Waals surface area contributed by atoms with E-state index >= 15 is 0 Å². The molecule has 1 aliphatic rings. The number of ether oxygens (including phenoxy) is 2. The van der Waals surface area contributed by atoms with Crippen LogP contribution < -0.4 is 9.47 Å². The maximum Gasteiger partial charge on any atom is 0.262 e. The number of fused-ring (bicyclic) bond motifs is 1. The summed E-state index contributed by atoms with van der Waals surface area (Å²) in [6.07, 6.45) is 1.40. The fourth-order valence-corrected chi connectivity index (χ4v) is 3.63. The third-order valence-electron chi connectivity index (χ3n) is 5.03. The highest BCUT2D eigenvalue weighted by atomic mass is 16.5. The second-order valence-corrected chi connectivity index (χ2v) is 6.93. The topological polar surface area (TPSA) is 94.8 Å². The lowest BCUT2D eigenvalue weighted by molar-refractivity contribution is 0.0576. The van der Waals surface area contributed by atoms with Crippen molar-refractivity contribution >= 4 is 11.8 Å². The minimum absolute atomic E-state index is 0.183. The Morgan fingerprint density at radius 1 is 1.07 bits per heavy atom. The molecule has 2 aromatic carbocycles. The second-order valence-electron chi connectivity index (χ2n) is 6.93. The van der Waals surface area contributed by atoms with E-state index in [1.807, 2.05) is 19.9 Å². The number of aromatic nitrogens is 2.